The summed E-state index contributed by atoms with van der Waals surface area (Å²) in [6, 6.07) is 13.9. The van der Waals surface area contributed by atoms with Gasteiger partial charge in [-0.15, -0.1) is 0 Å². The van der Waals surface area contributed by atoms with Gasteiger partial charge in [0.25, 0.3) is 0 Å². The summed E-state index contributed by atoms with van der Waals surface area (Å²) in [7, 11) is 1.56. The summed E-state index contributed by atoms with van der Waals surface area (Å²) in [4.78, 5) is 11.0. The molecule has 0 bridgehead atoms. The molecular weight excluding hydrogens is 256 g/mol. The largest absolute Gasteiger partial charge is 0.489 e. The van der Waals surface area contributed by atoms with E-state index < -0.39 is 6.10 Å². The predicted octanol–water partition coefficient (Wildman–Crippen LogP) is 2.80. The van der Waals surface area contributed by atoms with Crippen LogP contribution in [-0.4, -0.2) is 32.4 Å². The number of methoxy groups -OCH3 is 1. The summed E-state index contributed by atoms with van der Waals surface area (Å²) in [5, 5.41) is 2.15. The average molecular weight is 274 g/mol. The maximum Gasteiger partial charge on any atom is 0.303 e. The first kappa shape index (κ1) is 14.3. The van der Waals surface area contributed by atoms with Gasteiger partial charge in [-0.05, 0) is 11.5 Å². The molecular formula is C16H18O4. The average Bonchev–Trinajstić information content (AvgIpc) is 2.44. The number of hydrogen-bond donors (Lipinski definition) is 0. The number of carbonyl (C=O) groups is 1. The Morgan fingerprint density at radius 3 is 2.60 bits per heavy atom. The lowest BCUT2D eigenvalue weighted by molar-refractivity contribution is -0.150. The van der Waals surface area contributed by atoms with Crippen molar-refractivity contribution in [1.29, 1.82) is 0 Å². The van der Waals surface area contributed by atoms with Crippen LogP contribution in [0.5, 0.6) is 5.75 Å². The fourth-order valence-electron chi connectivity index (χ4n) is 2.04. The number of fused-ring (bicyclic) bond motifs is 1. The second-order valence-electron chi connectivity index (χ2n) is 4.48. The Kier molecular flexibility index (Phi) is 4.96. The molecule has 0 spiro atoms. The Balaban J connectivity index is 2.09. The zero-order valence-corrected chi connectivity index (χ0v) is 11.7. The van der Waals surface area contributed by atoms with Crippen LogP contribution in [0.25, 0.3) is 10.8 Å². The first-order valence-electron chi connectivity index (χ1n) is 6.47. The van der Waals surface area contributed by atoms with Crippen LogP contribution >= 0.6 is 0 Å². The molecule has 2 rings (SSSR count). The molecule has 0 radical (unpaired) electrons. The highest BCUT2D eigenvalue weighted by Gasteiger charge is 2.13. The Bertz CT molecular complexity index is 574. The molecule has 0 aromatic heterocycles. The molecule has 0 aliphatic heterocycles. The van der Waals surface area contributed by atoms with Crippen LogP contribution in [0.1, 0.15) is 6.92 Å². The molecule has 0 fully saturated rings. The maximum atomic E-state index is 11.0. The van der Waals surface area contributed by atoms with Crippen LogP contribution in [0.3, 0.4) is 0 Å². The van der Waals surface area contributed by atoms with Crippen molar-refractivity contribution in [3.05, 3.63) is 42.5 Å². The van der Waals surface area contributed by atoms with Crippen molar-refractivity contribution in [1.82, 2.24) is 0 Å². The highest BCUT2D eigenvalue weighted by molar-refractivity contribution is 5.88. The topological polar surface area (TPSA) is 44.8 Å². The number of esters is 1. The molecule has 0 aliphatic carbocycles. The van der Waals surface area contributed by atoms with Crippen LogP contribution in [0.4, 0.5) is 0 Å². The third-order valence-corrected chi connectivity index (χ3v) is 2.86. The highest BCUT2D eigenvalue weighted by atomic mass is 16.6. The van der Waals surface area contributed by atoms with Crippen molar-refractivity contribution in [2.45, 2.75) is 13.0 Å². The fraction of sp³-hybridized carbons (Fsp3) is 0.312. The lowest BCUT2D eigenvalue weighted by atomic mass is 10.1. The van der Waals surface area contributed by atoms with Gasteiger partial charge in [0.2, 0.25) is 0 Å². The minimum atomic E-state index is -0.406. The third-order valence-electron chi connectivity index (χ3n) is 2.86. The number of ether oxygens (including phenoxy) is 3. The molecule has 0 N–H and O–H groups in total. The van der Waals surface area contributed by atoms with Gasteiger partial charge in [-0.2, -0.15) is 0 Å². The minimum absolute atomic E-state index is 0.265. The SMILES string of the molecule is COC[C@@H](COc1cccc2ccccc12)OC(C)=O. The summed E-state index contributed by atoms with van der Waals surface area (Å²) in [5.41, 5.74) is 0. The van der Waals surface area contributed by atoms with Gasteiger partial charge in [0.15, 0.2) is 6.10 Å². The van der Waals surface area contributed by atoms with Gasteiger partial charge in [-0.3, -0.25) is 4.79 Å². The van der Waals surface area contributed by atoms with Crippen molar-refractivity contribution < 1.29 is 19.0 Å². The molecule has 106 valence electrons. The van der Waals surface area contributed by atoms with Gasteiger partial charge >= 0.3 is 5.97 Å². The first-order valence-corrected chi connectivity index (χ1v) is 6.47. The zero-order chi connectivity index (χ0) is 14.4. The molecule has 1 atom stereocenters. The van der Waals surface area contributed by atoms with E-state index in [0.717, 1.165) is 16.5 Å². The summed E-state index contributed by atoms with van der Waals surface area (Å²) in [6.45, 7) is 1.95. The van der Waals surface area contributed by atoms with Crippen molar-refractivity contribution in [2.24, 2.45) is 0 Å². The Morgan fingerprint density at radius 1 is 1.10 bits per heavy atom. The standard InChI is InChI=1S/C16H18O4/c1-12(17)20-14(10-18-2)11-19-16-9-5-7-13-6-3-4-8-15(13)16/h3-9,14H,10-11H2,1-2H3/t14-/m0/s1. The lowest BCUT2D eigenvalue weighted by Crippen LogP contribution is -2.28. The van der Waals surface area contributed by atoms with Gasteiger partial charge in [-0.25, -0.2) is 0 Å². The van der Waals surface area contributed by atoms with E-state index in [9.17, 15) is 4.79 Å². The van der Waals surface area contributed by atoms with Crippen LogP contribution in [0, 0.1) is 0 Å². The van der Waals surface area contributed by atoms with Crippen molar-refractivity contribution >= 4 is 16.7 Å². The Morgan fingerprint density at radius 2 is 1.85 bits per heavy atom. The Hall–Kier alpha value is -2.07. The molecule has 4 nitrogen and oxygen atoms in total. The maximum absolute atomic E-state index is 11.0. The van der Waals surface area contributed by atoms with Crippen molar-refractivity contribution in [3.8, 4) is 5.75 Å². The molecule has 2 aromatic carbocycles. The molecule has 20 heavy (non-hydrogen) atoms. The molecule has 0 amide bonds. The molecule has 0 heterocycles. The number of rotatable bonds is 6. The van der Waals surface area contributed by atoms with Gasteiger partial charge in [0.05, 0.1) is 6.61 Å². The first-order chi connectivity index (χ1) is 9.70. The van der Waals surface area contributed by atoms with E-state index in [1.54, 1.807) is 7.11 Å². The summed E-state index contributed by atoms with van der Waals surface area (Å²) >= 11 is 0. The monoisotopic (exact) mass is 274 g/mol. The normalized spacial score (nSPS) is 12.1. The van der Waals surface area contributed by atoms with Gasteiger partial charge in [0, 0.05) is 19.4 Å². The quantitative estimate of drug-likeness (QED) is 0.760. The van der Waals surface area contributed by atoms with E-state index in [1.807, 2.05) is 42.5 Å². The van der Waals surface area contributed by atoms with E-state index in [4.69, 9.17) is 14.2 Å². The highest BCUT2D eigenvalue weighted by Crippen LogP contribution is 2.25. The molecule has 0 saturated carbocycles. The molecule has 4 heteroatoms. The Labute approximate surface area is 118 Å². The molecule has 0 saturated heterocycles. The fourth-order valence-corrected chi connectivity index (χ4v) is 2.04. The van der Waals surface area contributed by atoms with Crippen LogP contribution in [-0.2, 0) is 14.3 Å². The molecule has 0 unspecified atom stereocenters. The number of hydrogen-bond acceptors (Lipinski definition) is 4. The van der Waals surface area contributed by atoms with E-state index >= 15 is 0 Å². The van der Waals surface area contributed by atoms with Crippen molar-refractivity contribution in [3.63, 3.8) is 0 Å². The van der Waals surface area contributed by atoms with E-state index in [1.165, 1.54) is 6.92 Å². The molecule has 2 aromatic rings. The summed E-state index contributed by atoms with van der Waals surface area (Å²) in [5.74, 6) is 0.435. The van der Waals surface area contributed by atoms with E-state index in [-0.39, 0.29) is 12.6 Å². The minimum Gasteiger partial charge on any atom is -0.489 e. The summed E-state index contributed by atoms with van der Waals surface area (Å²) in [6.07, 6.45) is -0.406. The summed E-state index contributed by atoms with van der Waals surface area (Å²) < 4.78 is 15.9. The zero-order valence-electron chi connectivity index (χ0n) is 11.7. The van der Waals surface area contributed by atoms with E-state index in [2.05, 4.69) is 0 Å². The van der Waals surface area contributed by atoms with Gasteiger partial charge in [0.1, 0.15) is 12.4 Å². The smallest absolute Gasteiger partial charge is 0.303 e. The second kappa shape index (κ2) is 6.91. The lowest BCUT2D eigenvalue weighted by Gasteiger charge is -2.17. The predicted molar refractivity (Wildman–Crippen MR) is 76.9 cm³/mol. The van der Waals surface area contributed by atoms with Gasteiger partial charge < -0.3 is 14.2 Å². The van der Waals surface area contributed by atoms with Crippen molar-refractivity contribution in [2.75, 3.05) is 20.3 Å². The molecule has 0 aliphatic rings. The van der Waals surface area contributed by atoms with E-state index in [0.29, 0.717) is 6.61 Å². The van der Waals surface area contributed by atoms with Crippen LogP contribution in [0.15, 0.2) is 42.5 Å². The third kappa shape index (κ3) is 3.71. The number of carbonyl (C=O) groups excluding carboxylic acids is 1. The van der Waals surface area contributed by atoms with Crippen LogP contribution in [0.2, 0.25) is 0 Å². The van der Waals surface area contributed by atoms with Crippen LogP contribution < -0.4 is 4.74 Å². The second-order valence-corrected chi connectivity index (χ2v) is 4.48. The number of benzene rings is 2. The van der Waals surface area contributed by atoms with Gasteiger partial charge in [-0.1, -0.05) is 36.4 Å².